The van der Waals surface area contributed by atoms with Crippen LogP contribution in [0.2, 0.25) is 0 Å². The number of carbonyl (C=O) groups is 2. The molecule has 0 atom stereocenters. The highest BCUT2D eigenvalue weighted by molar-refractivity contribution is 6.06. The first-order chi connectivity index (χ1) is 21.1. The maximum Gasteiger partial charge on any atom is 0.255 e. The molecule has 0 aliphatic carbocycles. The lowest BCUT2D eigenvalue weighted by molar-refractivity contribution is 0.0374. The van der Waals surface area contributed by atoms with Gasteiger partial charge in [-0.2, -0.15) is 0 Å². The van der Waals surface area contributed by atoms with E-state index in [1.54, 1.807) is 44.6 Å². The van der Waals surface area contributed by atoms with E-state index in [2.05, 4.69) is 31.4 Å². The number of piperazine rings is 1. The van der Waals surface area contributed by atoms with Crippen molar-refractivity contribution in [1.29, 1.82) is 0 Å². The van der Waals surface area contributed by atoms with E-state index >= 15 is 0 Å². The minimum atomic E-state index is -0.269. The largest absolute Gasteiger partial charge is 0.497 e. The highest BCUT2D eigenvalue weighted by Gasteiger charge is 2.24. The Kier molecular flexibility index (Phi) is 10.4. The van der Waals surface area contributed by atoms with Crippen LogP contribution in [0, 0.1) is 0 Å². The SMILES string of the molecule is COc1cccc(C(=O)Nc2ccc(N3CCN(c4ccccc4OC)CC3)c(C(=O)NCCCN3CCOCC3)c2)c1. The van der Waals surface area contributed by atoms with Gasteiger partial charge in [0.2, 0.25) is 0 Å². The van der Waals surface area contributed by atoms with Gasteiger partial charge >= 0.3 is 0 Å². The predicted octanol–water partition coefficient (Wildman–Crippen LogP) is 3.73. The second-order valence-corrected chi connectivity index (χ2v) is 10.6. The molecule has 3 aromatic rings. The third-order valence-electron chi connectivity index (χ3n) is 7.92. The van der Waals surface area contributed by atoms with E-state index in [9.17, 15) is 9.59 Å². The Morgan fingerprint density at radius 3 is 2.28 bits per heavy atom. The quantitative estimate of drug-likeness (QED) is 0.328. The third kappa shape index (κ3) is 7.77. The molecule has 2 amide bonds. The fourth-order valence-electron chi connectivity index (χ4n) is 5.54. The number of methoxy groups -OCH3 is 2. The van der Waals surface area contributed by atoms with Gasteiger partial charge in [0.25, 0.3) is 11.8 Å². The molecule has 2 N–H and O–H groups in total. The average Bonchev–Trinajstić information content (AvgIpc) is 3.07. The molecule has 2 heterocycles. The first-order valence-corrected chi connectivity index (χ1v) is 14.9. The molecule has 2 aliphatic heterocycles. The van der Waals surface area contributed by atoms with Crippen LogP contribution >= 0.6 is 0 Å². The van der Waals surface area contributed by atoms with Gasteiger partial charge in [-0.05, 0) is 61.5 Å². The number of amides is 2. The normalized spacial score (nSPS) is 15.6. The number of benzene rings is 3. The number of carbonyl (C=O) groups excluding carboxylic acids is 2. The molecule has 0 radical (unpaired) electrons. The minimum absolute atomic E-state index is 0.151. The van der Waals surface area contributed by atoms with E-state index in [4.69, 9.17) is 14.2 Å². The number of morpholine rings is 1. The van der Waals surface area contributed by atoms with Crippen molar-refractivity contribution in [3.05, 3.63) is 77.9 Å². The van der Waals surface area contributed by atoms with Gasteiger partial charge in [0.1, 0.15) is 11.5 Å². The van der Waals surface area contributed by atoms with Gasteiger partial charge in [0, 0.05) is 62.8 Å². The van der Waals surface area contributed by atoms with Gasteiger partial charge in [-0.25, -0.2) is 0 Å². The van der Waals surface area contributed by atoms with Crippen LogP contribution in [0.4, 0.5) is 17.1 Å². The molecule has 0 unspecified atom stereocenters. The monoisotopic (exact) mass is 587 g/mol. The summed E-state index contributed by atoms with van der Waals surface area (Å²) in [5.41, 5.74) is 3.50. The van der Waals surface area contributed by atoms with Crippen LogP contribution in [0.3, 0.4) is 0 Å². The third-order valence-corrected chi connectivity index (χ3v) is 7.92. The molecular weight excluding hydrogens is 546 g/mol. The van der Waals surface area contributed by atoms with Crippen molar-refractivity contribution in [2.24, 2.45) is 0 Å². The van der Waals surface area contributed by atoms with Crippen LogP contribution in [0.5, 0.6) is 11.5 Å². The molecule has 0 saturated carbocycles. The zero-order chi connectivity index (χ0) is 30.0. The van der Waals surface area contributed by atoms with Crippen LogP contribution in [0.25, 0.3) is 0 Å². The van der Waals surface area contributed by atoms with Gasteiger partial charge in [-0.1, -0.05) is 18.2 Å². The van der Waals surface area contributed by atoms with Gasteiger partial charge < -0.3 is 34.6 Å². The second kappa shape index (κ2) is 14.8. The lowest BCUT2D eigenvalue weighted by Crippen LogP contribution is -2.47. The van der Waals surface area contributed by atoms with Crippen molar-refractivity contribution < 1.29 is 23.8 Å². The summed E-state index contributed by atoms with van der Waals surface area (Å²) in [7, 11) is 3.26. The Hall–Kier alpha value is -4.28. The Morgan fingerprint density at radius 2 is 1.53 bits per heavy atom. The Bertz CT molecular complexity index is 1390. The van der Waals surface area contributed by atoms with E-state index in [-0.39, 0.29) is 11.8 Å². The maximum absolute atomic E-state index is 13.6. The van der Waals surface area contributed by atoms with Crippen LogP contribution in [-0.2, 0) is 4.74 Å². The summed E-state index contributed by atoms with van der Waals surface area (Å²) >= 11 is 0. The molecule has 2 saturated heterocycles. The van der Waals surface area contributed by atoms with Crippen LogP contribution in [0.15, 0.2) is 66.7 Å². The molecule has 0 spiro atoms. The molecule has 10 nitrogen and oxygen atoms in total. The lowest BCUT2D eigenvalue weighted by Gasteiger charge is -2.38. The van der Waals surface area contributed by atoms with E-state index in [0.717, 1.165) is 82.6 Å². The number of nitrogens with one attached hydrogen (secondary N) is 2. The summed E-state index contributed by atoms with van der Waals surface area (Å²) in [6, 6.07) is 20.6. The highest BCUT2D eigenvalue weighted by Crippen LogP contribution is 2.31. The zero-order valence-electron chi connectivity index (χ0n) is 25.0. The van der Waals surface area contributed by atoms with E-state index in [1.165, 1.54) is 0 Å². The molecule has 2 fully saturated rings. The van der Waals surface area contributed by atoms with Crippen molar-refractivity contribution >= 4 is 28.9 Å². The van der Waals surface area contributed by atoms with Crippen molar-refractivity contribution in [3.8, 4) is 11.5 Å². The molecule has 0 aromatic heterocycles. The average molecular weight is 588 g/mol. The maximum atomic E-state index is 13.6. The minimum Gasteiger partial charge on any atom is -0.497 e. The molecule has 5 rings (SSSR count). The Labute approximate surface area is 253 Å². The second-order valence-electron chi connectivity index (χ2n) is 10.6. The number of para-hydroxylation sites is 2. The number of hydrogen-bond acceptors (Lipinski definition) is 8. The fraction of sp³-hybridized carbons (Fsp3) is 0.394. The van der Waals surface area contributed by atoms with Crippen molar-refractivity contribution in [2.45, 2.75) is 6.42 Å². The molecule has 43 heavy (non-hydrogen) atoms. The number of nitrogens with zero attached hydrogens (tertiary/aromatic N) is 3. The number of hydrogen-bond donors (Lipinski definition) is 2. The summed E-state index contributed by atoms with van der Waals surface area (Å²) in [4.78, 5) is 33.5. The van der Waals surface area contributed by atoms with Gasteiger partial charge in [0.05, 0.1) is 38.7 Å². The van der Waals surface area contributed by atoms with Crippen LogP contribution < -0.4 is 29.9 Å². The van der Waals surface area contributed by atoms with Crippen molar-refractivity contribution in [1.82, 2.24) is 10.2 Å². The first-order valence-electron chi connectivity index (χ1n) is 14.9. The fourth-order valence-corrected chi connectivity index (χ4v) is 5.54. The molecule has 3 aromatic carbocycles. The Morgan fingerprint density at radius 1 is 0.791 bits per heavy atom. The first kappa shape index (κ1) is 30.2. The van der Waals surface area contributed by atoms with E-state index in [0.29, 0.717) is 29.1 Å². The smallest absolute Gasteiger partial charge is 0.255 e. The van der Waals surface area contributed by atoms with Gasteiger partial charge in [-0.15, -0.1) is 0 Å². The molecule has 0 bridgehead atoms. The summed E-state index contributed by atoms with van der Waals surface area (Å²) in [5.74, 6) is 1.03. The van der Waals surface area contributed by atoms with E-state index in [1.807, 2.05) is 30.3 Å². The van der Waals surface area contributed by atoms with Crippen LogP contribution in [-0.4, -0.2) is 96.5 Å². The van der Waals surface area contributed by atoms with Gasteiger partial charge in [0.15, 0.2) is 0 Å². The number of anilines is 3. The summed E-state index contributed by atoms with van der Waals surface area (Å²) < 4.78 is 16.3. The lowest BCUT2D eigenvalue weighted by atomic mass is 10.1. The topological polar surface area (TPSA) is 95.6 Å². The van der Waals surface area contributed by atoms with Gasteiger partial charge in [-0.3, -0.25) is 14.5 Å². The number of ether oxygens (including phenoxy) is 3. The summed E-state index contributed by atoms with van der Waals surface area (Å²) in [5, 5.41) is 6.07. The van der Waals surface area contributed by atoms with Crippen LogP contribution in [0.1, 0.15) is 27.1 Å². The van der Waals surface area contributed by atoms with E-state index < -0.39 is 0 Å². The zero-order valence-corrected chi connectivity index (χ0v) is 25.0. The predicted molar refractivity (Wildman–Crippen MR) is 169 cm³/mol. The molecule has 10 heteroatoms. The van der Waals surface area contributed by atoms with Crippen molar-refractivity contribution in [2.75, 3.05) is 94.9 Å². The highest BCUT2D eigenvalue weighted by atomic mass is 16.5. The number of rotatable bonds is 11. The summed E-state index contributed by atoms with van der Waals surface area (Å²) in [6.07, 6.45) is 0.852. The Balaban J connectivity index is 1.30. The van der Waals surface area contributed by atoms with Crippen molar-refractivity contribution in [3.63, 3.8) is 0 Å². The molecule has 2 aliphatic rings. The molecular formula is C33H41N5O5. The molecule has 228 valence electrons. The summed E-state index contributed by atoms with van der Waals surface area (Å²) in [6.45, 7) is 7.90. The standard InChI is InChI=1S/C33H41N5O5/c1-41-27-8-5-7-25(23-27)32(39)35-26-11-12-29(28(24-26)33(40)34-13-6-14-36-19-21-43-22-20-36)37-15-17-38(18-16-37)30-9-3-4-10-31(30)42-2/h3-5,7-12,23-24H,6,13-22H2,1-2H3,(H,34,40)(H,35,39).